The van der Waals surface area contributed by atoms with Gasteiger partial charge in [0.05, 0.1) is 11.4 Å². The summed E-state index contributed by atoms with van der Waals surface area (Å²) < 4.78 is 7.57. The fraction of sp³-hybridized carbons (Fsp3) is 0.333. The third kappa shape index (κ3) is 2.99. The lowest BCUT2D eigenvalue weighted by Gasteiger charge is -2.10. The highest BCUT2D eigenvalue weighted by Crippen LogP contribution is 2.11. The molecule has 2 rings (SSSR count). The van der Waals surface area contributed by atoms with Crippen LogP contribution >= 0.6 is 0 Å². The maximum atomic E-state index is 5.65. The summed E-state index contributed by atoms with van der Waals surface area (Å²) in [6.45, 7) is 3.93. The molecule has 0 amide bonds. The van der Waals surface area contributed by atoms with Crippen molar-refractivity contribution in [2.75, 3.05) is 14.1 Å². The predicted molar refractivity (Wildman–Crippen MR) is 79.9 cm³/mol. The number of guanidine groups is 1. The molecule has 0 saturated heterocycles. The average molecular weight is 272 g/mol. The zero-order chi connectivity index (χ0) is 14.7. The Bertz CT molecular complexity index is 678. The third-order valence-corrected chi connectivity index (χ3v) is 3.12. The summed E-state index contributed by atoms with van der Waals surface area (Å²) in [4.78, 5) is 10.9. The van der Waals surface area contributed by atoms with Gasteiger partial charge < -0.3 is 9.32 Å². The van der Waals surface area contributed by atoms with Gasteiger partial charge in [-0.05, 0) is 26.0 Å². The molecular weight excluding hydrogens is 252 g/mol. The van der Waals surface area contributed by atoms with Crippen molar-refractivity contribution < 1.29 is 4.42 Å². The van der Waals surface area contributed by atoms with Crippen LogP contribution in [0.5, 0.6) is 0 Å². The monoisotopic (exact) mass is 272 g/mol. The molecule has 0 fully saturated rings. The van der Waals surface area contributed by atoms with E-state index in [2.05, 4.69) is 9.98 Å². The van der Waals surface area contributed by atoms with Gasteiger partial charge in [-0.3, -0.25) is 4.57 Å². The van der Waals surface area contributed by atoms with Crippen molar-refractivity contribution in [3.63, 3.8) is 0 Å². The maximum Gasteiger partial charge on any atom is 0.304 e. The molecule has 2 aromatic rings. The van der Waals surface area contributed by atoms with Crippen LogP contribution in [0.2, 0.25) is 0 Å². The Morgan fingerprint density at radius 2 is 1.80 bits per heavy atom. The minimum Gasteiger partial charge on any atom is -0.428 e. The van der Waals surface area contributed by atoms with Gasteiger partial charge in [0.2, 0.25) is 5.96 Å². The summed E-state index contributed by atoms with van der Waals surface area (Å²) in [7, 11) is 5.75. The second-order valence-corrected chi connectivity index (χ2v) is 4.84. The molecule has 0 atom stereocenters. The lowest BCUT2D eigenvalue weighted by atomic mass is 10.3. The van der Waals surface area contributed by atoms with Crippen molar-refractivity contribution in [1.29, 1.82) is 0 Å². The smallest absolute Gasteiger partial charge is 0.304 e. The molecule has 1 heterocycles. The first-order chi connectivity index (χ1) is 9.49. The van der Waals surface area contributed by atoms with Crippen LogP contribution in [0.4, 0.5) is 5.69 Å². The largest absolute Gasteiger partial charge is 0.428 e. The Labute approximate surface area is 118 Å². The lowest BCUT2D eigenvalue weighted by molar-refractivity contribution is 0.454. The number of benzene rings is 1. The van der Waals surface area contributed by atoms with E-state index < -0.39 is 0 Å². The van der Waals surface area contributed by atoms with Crippen molar-refractivity contribution in [3.05, 3.63) is 47.5 Å². The van der Waals surface area contributed by atoms with Gasteiger partial charge in [0.25, 0.3) is 0 Å². The average Bonchev–Trinajstić information content (AvgIpc) is 2.67. The van der Waals surface area contributed by atoms with Gasteiger partial charge in [0, 0.05) is 21.1 Å². The molecule has 106 valence electrons. The number of aliphatic imine (C=N–C) groups is 1. The molecule has 1 aromatic carbocycles. The van der Waals surface area contributed by atoms with E-state index >= 15 is 0 Å². The number of oxazole rings is 1. The number of aryl methyl sites for hydroxylation is 1. The normalized spacial score (nSPS) is 12.8. The molecule has 5 nitrogen and oxygen atoms in total. The molecule has 0 aliphatic rings. The Hall–Kier alpha value is -2.30. The number of hydrogen-bond acceptors (Lipinski definition) is 2. The van der Waals surface area contributed by atoms with E-state index in [1.165, 1.54) is 0 Å². The maximum absolute atomic E-state index is 5.65. The van der Waals surface area contributed by atoms with Crippen molar-refractivity contribution in [2.45, 2.75) is 13.8 Å². The molecule has 20 heavy (non-hydrogen) atoms. The first-order valence-corrected chi connectivity index (χ1v) is 6.48. The van der Waals surface area contributed by atoms with E-state index in [-0.39, 0.29) is 0 Å². The third-order valence-electron chi connectivity index (χ3n) is 3.12. The fourth-order valence-electron chi connectivity index (χ4n) is 1.69. The van der Waals surface area contributed by atoms with Crippen LogP contribution in [0.1, 0.15) is 11.5 Å². The zero-order valence-corrected chi connectivity index (χ0v) is 12.6. The fourth-order valence-corrected chi connectivity index (χ4v) is 1.69. The molecular formula is C15H20N4O. The Morgan fingerprint density at radius 1 is 1.15 bits per heavy atom. The van der Waals surface area contributed by atoms with E-state index in [0.717, 1.165) is 17.1 Å². The van der Waals surface area contributed by atoms with Gasteiger partial charge in [-0.25, -0.2) is 4.99 Å². The summed E-state index contributed by atoms with van der Waals surface area (Å²) >= 11 is 0. The summed E-state index contributed by atoms with van der Waals surface area (Å²) in [5, 5.41) is 0. The quantitative estimate of drug-likeness (QED) is 0.591. The van der Waals surface area contributed by atoms with Crippen LogP contribution < -0.4 is 5.68 Å². The number of hydrogen-bond donors (Lipinski definition) is 0. The topological polar surface area (TPSA) is 46.0 Å². The first kappa shape index (κ1) is 14.1. The van der Waals surface area contributed by atoms with Gasteiger partial charge in [-0.15, -0.1) is 0 Å². The number of aromatic nitrogens is 1. The van der Waals surface area contributed by atoms with E-state index in [9.17, 15) is 0 Å². The first-order valence-electron chi connectivity index (χ1n) is 6.48. The van der Waals surface area contributed by atoms with Crippen LogP contribution in [0, 0.1) is 13.8 Å². The number of para-hydroxylation sites is 1. The van der Waals surface area contributed by atoms with Crippen LogP contribution in [-0.2, 0) is 7.05 Å². The molecule has 0 bridgehead atoms. The Balaban J connectivity index is 2.50. The molecule has 1 aromatic heterocycles. The second kappa shape index (κ2) is 5.77. The van der Waals surface area contributed by atoms with Crippen LogP contribution in [-0.4, -0.2) is 29.5 Å². The lowest BCUT2D eigenvalue weighted by Crippen LogP contribution is -2.25. The minimum atomic E-state index is 0.545. The standard InChI is InChI=1S/C15H20N4O/c1-11-12(2)20-15(19(11)5)17-14(18(3)4)16-13-9-7-6-8-10-13/h6-10H,1-5H3. The van der Waals surface area contributed by atoms with E-state index in [4.69, 9.17) is 4.42 Å². The van der Waals surface area contributed by atoms with Crippen LogP contribution in [0.15, 0.2) is 44.7 Å². The molecule has 0 N–H and O–H groups in total. The highest BCUT2D eigenvalue weighted by molar-refractivity contribution is 5.82. The molecule has 0 aliphatic heterocycles. The highest BCUT2D eigenvalue weighted by Gasteiger charge is 2.06. The second-order valence-electron chi connectivity index (χ2n) is 4.84. The van der Waals surface area contributed by atoms with Crippen LogP contribution in [0.25, 0.3) is 0 Å². The van der Waals surface area contributed by atoms with Gasteiger partial charge in [0.15, 0.2) is 0 Å². The van der Waals surface area contributed by atoms with E-state index in [0.29, 0.717) is 11.6 Å². The van der Waals surface area contributed by atoms with Crippen LogP contribution in [0.3, 0.4) is 0 Å². The van der Waals surface area contributed by atoms with E-state index in [1.807, 2.05) is 74.8 Å². The SMILES string of the molecule is Cc1oc(=NC(=Nc2ccccc2)N(C)C)n(C)c1C. The van der Waals surface area contributed by atoms with Crippen molar-refractivity contribution in [2.24, 2.45) is 17.0 Å². The van der Waals surface area contributed by atoms with Crippen molar-refractivity contribution in [3.8, 4) is 0 Å². The highest BCUT2D eigenvalue weighted by atomic mass is 16.4. The van der Waals surface area contributed by atoms with Crippen molar-refractivity contribution >= 4 is 11.6 Å². The Kier molecular flexibility index (Phi) is 4.08. The molecule has 0 unspecified atom stereocenters. The minimum absolute atomic E-state index is 0.545. The summed E-state index contributed by atoms with van der Waals surface area (Å²) in [6, 6.07) is 9.75. The van der Waals surface area contributed by atoms with Gasteiger partial charge in [0.1, 0.15) is 5.76 Å². The van der Waals surface area contributed by atoms with Crippen molar-refractivity contribution in [1.82, 2.24) is 9.47 Å². The van der Waals surface area contributed by atoms with E-state index in [1.54, 1.807) is 0 Å². The molecule has 5 heteroatoms. The van der Waals surface area contributed by atoms with Gasteiger partial charge in [-0.2, -0.15) is 4.99 Å². The zero-order valence-electron chi connectivity index (χ0n) is 12.6. The number of rotatable bonds is 1. The summed E-state index contributed by atoms with van der Waals surface area (Å²) in [5.74, 6) is 1.46. The van der Waals surface area contributed by atoms with Gasteiger partial charge in [-0.1, -0.05) is 18.2 Å². The molecule has 0 spiro atoms. The molecule has 0 aliphatic carbocycles. The Morgan fingerprint density at radius 3 is 2.30 bits per heavy atom. The molecule has 0 saturated carbocycles. The summed E-state index contributed by atoms with van der Waals surface area (Å²) in [6.07, 6.45) is 0. The summed E-state index contributed by atoms with van der Waals surface area (Å²) in [5.41, 5.74) is 2.47. The van der Waals surface area contributed by atoms with Gasteiger partial charge >= 0.3 is 5.68 Å². The number of nitrogens with zero attached hydrogens (tertiary/aromatic N) is 4. The molecule has 0 radical (unpaired) electrons. The predicted octanol–water partition coefficient (Wildman–Crippen LogP) is 2.38.